The lowest BCUT2D eigenvalue weighted by Gasteiger charge is -2.28. The molecule has 2 amide bonds. The van der Waals surface area contributed by atoms with Gasteiger partial charge >= 0.3 is 0 Å². The number of hydrogen-bond acceptors (Lipinski definition) is 5. The first-order chi connectivity index (χ1) is 11.9. The molecule has 1 N–H and O–H groups in total. The summed E-state index contributed by atoms with van der Waals surface area (Å²) in [5.74, 6) is -0.130. The molecule has 1 aliphatic heterocycles. The summed E-state index contributed by atoms with van der Waals surface area (Å²) in [7, 11) is 1.55. The summed E-state index contributed by atoms with van der Waals surface area (Å²) in [6, 6.07) is 8.40. The van der Waals surface area contributed by atoms with Crippen molar-refractivity contribution in [1.82, 2.24) is 5.32 Å². The summed E-state index contributed by atoms with van der Waals surface area (Å²) in [4.78, 5) is 26.2. The predicted molar refractivity (Wildman–Crippen MR) is 103 cm³/mol. The van der Waals surface area contributed by atoms with Gasteiger partial charge < -0.3 is 9.15 Å². The maximum Gasteiger partial charge on any atom is 0.270 e. The molecule has 0 bridgehead atoms. The van der Waals surface area contributed by atoms with Crippen LogP contribution in [-0.4, -0.2) is 24.0 Å². The van der Waals surface area contributed by atoms with Gasteiger partial charge in [0.1, 0.15) is 17.1 Å². The first kappa shape index (κ1) is 17.8. The van der Waals surface area contributed by atoms with E-state index < -0.39 is 11.8 Å². The maximum absolute atomic E-state index is 12.8. The third-order valence-corrected chi connectivity index (χ3v) is 5.38. The van der Waals surface area contributed by atoms with E-state index in [9.17, 15) is 9.59 Å². The van der Waals surface area contributed by atoms with E-state index in [0.717, 1.165) is 0 Å². The highest BCUT2D eigenvalue weighted by atomic mass is 79.9. The largest absolute Gasteiger partial charge is 0.497 e. The van der Waals surface area contributed by atoms with Crippen LogP contribution >= 0.6 is 44.1 Å². The second kappa shape index (κ2) is 7.11. The smallest absolute Gasteiger partial charge is 0.270 e. The first-order valence-electron chi connectivity index (χ1n) is 6.91. The van der Waals surface area contributed by atoms with E-state index in [1.165, 1.54) is 11.0 Å². The number of halogens is 2. The second-order valence-corrected chi connectivity index (χ2v) is 6.89. The average molecular weight is 486 g/mol. The fourth-order valence-corrected chi connectivity index (χ4v) is 3.09. The Balaban J connectivity index is 1.98. The molecule has 25 heavy (non-hydrogen) atoms. The molecule has 0 saturated carbocycles. The monoisotopic (exact) mass is 484 g/mol. The van der Waals surface area contributed by atoms with Crippen LogP contribution in [0.2, 0.25) is 0 Å². The normalized spacial score (nSPS) is 16.4. The Morgan fingerprint density at radius 3 is 2.48 bits per heavy atom. The second-order valence-electron chi connectivity index (χ2n) is 4.93. The van der Waals surface area contributed by atoms with Gasteiger partial charge in [0.25, 0.3) is 11.8 Å². The van der Waals surface area contributed by atoms with Gasteiger partial charge in [-0.2, -0.15) is 0 Å². The Morgan fingerprint density at radius 1 is 1.24 bits per heavy atom. The Bertz CT molecular complexity index is 886. The van der Waals surface area contributed by atoms with Crippen LogP contribution in [0.15, 0.2) is 49.5 Å². The van der Waals surface area contributed by atoms with Gasteiger partial charge in [0.05, 0.1) is 17.3 Å². The fourth-order valence-electron chi connectivity index (χ4n) is 2.20. The van der Waals surface area contributed by atoms with E-state index in [1.54, 1.807) is 37.4 Å². The third-order valence-electron chi connectivity index (χ3n) is 3.38. The standard InChI is InChI=1S/C16H10Br2N2O4S/c1-23-9-4-2-8(3-5-9)20-15(22)11(14(21)19-16(20)25)6-10-7-12(17)13(18)24-10/h2-7H,1H3,(H,19,21,25)/b11-6+. The van der Waals surface area contributed by atoms with E-state index in [-0.39, 0.29) is 10.7 Å². The summed E-state index contributed by atoms with van der Waals surface area (Å²) in [5.41, 5.74) is 0.432. The molecule has 1 saturated heterocycles. The quantitative estimate of drug-likeness (QED) is 0.408. The average Bonchev–Trinajstić information content (AvgIpc) is 2.90. The summed E-state index contributed by atoms with van der Waals surface area (Å²) in [5, 5.41) is 2.52. The van der Waals surface area contributed by atoms with Crippen molar-refractivity contribution in [2.24, 2.45) is 0 Å². The van der Waals surface area contributed by atoms with Crippen LogP contribution < -0.4 is 15.0 Å². The van der Waals surface area contributed by atoms with E-state index in [4.69, 9.17) is 21.4 Å². The summed E-state index contributed by atoms with van der Waals surface area (Å²) < 4.78 is 11.6. The van der Waals surface area contributed by atoms with Gasteiger partial charge in [0.15, 0.2) is 9.78 Å². The molecule has 1 aliphatic rings. The molecule has 1 aromatic carbocycles. The number of methoxy groups -OCH3 is 1. The van der Waals surface area contributed by atoms with Gasteiger partial charge in [-0.05, 0) is 80.5 Å². The lowest BCUT2D eigenvalue weighted by molar-refractivity contribution is -0.122. The molecule has 2 aromatic rings. The molecule has 1 fully saturated rings. The van der Waals surface area contributed by atoms with Crippen molar-refractivity contribution < 1.29 is 18.7 Å². The number of nitrogens with one attached hydrogen (secondary N) is 1. The number of hydrogen-bond donors (Lipinski definition) is 1. The van der Waals surface area contributed by atoms with Crippen LogP contribution in [-0.2, 0) is 9.59 Å². The minimum atomic E-state index is -0.580. The molecule has 3 rings (SSSR count). The van der Waals surface area contributed by atoms with Crippen LogP contribution in [0.3, 0.4) is 0 Å². The highest BCUT2D eigenvalue weighted by Crippen LogP contribution is 2.29. The first-order valence-corrected chi connectivity index (χ1v) is 8.90. The zero-order valence-electron chi connectivity index (χ0n) is 12.7. The lowest BCUT2D eigenvalue weighted by atomic mass is 10.1. The Hall–Kier alpha value is -1.97. The number of rotatable bonds is 3. The fraction of sp³-hybridized carbons (Fsp3) is 0.0625. The molecule has 0 radical (unpaired) electrons. The number of furan rings is 1. The number of thiocarbonyl (C=S) groups is 1. The van der Waals surface area contributed by atoms with Gasteiger partial charge in [0, 0.05) is 0 Å². The number of benzene rings is 1. The number of carbonyl (C=O) groups excluding carboxylic acids is 2. The van der Waals surface area contributed by atoms with E-state index in [0.29, 0.717) is 26.3 Å². The maximum atomic E-state index is 12.8. The van der Waals surface area contributed by atoms with Crippen molar-refractivity contribution in [3.63, 3.8) is 0 Å². The zero-order valence-corrected chi connectivity index (χ0v) is 16.7. The minimum absolute atomic E-state index is 0.0131. The highest BCUT2D eigenvalue weighted by Gasteiger charge is 2.34. The molecule has 9 heteroatoms. The summed E-state index contributed by atoms with van der Waals surface area (Å²) in [6.45, 7) is 0. The van der Waals surface area contributed by atoms with Gasteiger partial charge in [-0.1, -0.05) is 0 Å². The van der Waals surface area contributed by atoms with Crippen molar-refractivity contribution in [2.75, 3.05) is 12.0 Å². The van der Waals surface area contributed by atoms with Crippen molar-refractivity contribution in [1.29, 1.82) is 0 Å². The highest BCUT2D eigenvalue weighted by molar-refractivity contribution is 9.13. The number of amides is 2. The number of carbonyl (C=O) groups is 2. The van der Waals surface area contributed by atoms with Crippen molar-refractivity contribution in [3.05, 3.63) is 50.8 Å². The molecule has 2 heterocycles. The van der Waals surface area contributed by atoms with Crippen molar-refractivity contribution >= 4 is 72.8 Å². The molecule has 0 atom stereocenters. The molecule has 0 spiro atoms. The van der Waals surface area contributed by atoms with Crippen LogP contribution in [0.25, 0.3) is 6.08 Å². The predicted octanol–water partition coefficient (Wildman–Crippen LogP) is 3.64. The van der Waals surface area contributed by atoms with Crippen LogP contribution in [0.5, 0.6) is 5.75 Å². The number of ether oxygens (including phenoxy) is 1. The summed E-state index contributed by atoms with van der Waals surface area (Å²) in [6.07, 6.45) is 1.37. The Morgan fingerprint density at radius 2 is 1.92 bits per heavy atom. The molecule has 0 unspecified atom stereocenters. The van der Waals surface area contributed by atoms with Crippen LogP contribution in [0, 0.1) is 0 Å². The van der Waals surface area contributed by atoms with Crippen LogP contribution in [0.4, 0.5) is 5.69 Å². The van der Waals surface area contributed by atoms with Gasteiger partial charge in [-0.15, -0.1) is 0 Å². The number of nitrogens with zero attached hydrogens (tertiary/aromatic N) is 1. The molecular formula is C16H10Br2N2O4S. The van der Waals surface area contributed by atoms with E-state index in [2.05, 4.69) is 37.2 Å². The molecule has 0 aliphatic carbocycles. The molecular weight excluding hydrogens is 476 g/mol. The van der Waals surface area contributed by atoms with E-state index >= 15 is 0 Å². The molecule has 1 aromatic heterocycles. The SMILES string of the molecule is COc1ccc(N2C(=O)/C(=C/c3cc(Br)c(Br)o3)C(=O)NC2=S)cc1. The zero-order chi connectivity index (χ0) is 18.1. The van der Waals surface area contributed by atoms with Gasteiger partial charge in [0.2, 0.25) is 0 Å². The van der Waals surface area contributed by atoms with Gasteiger partial charge in [-0.25, -0.2) is 0 Å². The molecule has 6 nitrogen and oxygen atoms in total. The Kier molecular flexibility index (Phi) is 5.07. The third kappa shape index (κ3) is 3.53. The lowest BCUT2D eigenvalue weighted by Crippen LogP contribution is -2.54. The van der Waals surface area contributed by atoms with Crippen LogP contribution in [0.1, 0.15) is 5.76 Å². The number of anilines is 1. The Labute approximate surface area is 165 Å². The minimum Gasteiger partial charge on any atom is -0.497 e. The topological polar surface area (TPSA) is 71.8 Å². The van der Waals surface area contributed by atoms with Crippen molar-refractivity contribution in [3.8, 4) is 5.75 Å². The summed E-state index contributed by atoms with van der Waals surface area (Å²) >= 11 is 11.6. The van der Waals surface area contributed by atoms with Crippen molar-refractivity contribution in [2.45, 2.75) is 0 Å². The molecule has 128 valence electrons. The van der Waals surface area contributed by atoms with E-state index in [1.807, 2.05) is 0 Å². The van der Waals surface area contributed by atoms with Gasteiger partial charge in [-0.3, -0.25) is 19.8 Å².